The van der Waals surface area contributed by atoms with Crippen molar-refractivity contribution in [2.75, 3.05) is 6.61 Å². The maximum absolute atomic E-state index is 13.0. The number of hydrogen-bond acceptors (Lipinski definition) is 8. The van der Waals surface area contributed by atoms with Gasteiger partial charge in [0.15, 0.2) is 20.6 Å². The van der Waals surface area contributed by atoms with Gasteiger partial charge in [-0.1, -0.05) is 107 Å². The summed E-state index contributed by atoms with van der Waals surface area (Å²) < 4.78 is 38.8. The molecule has 0 saturated carbocycles. The lowest BCUT2D eigenvalue weighted by Gasteiger charge is -2.44. The first-order chi connectivity index (χ1) is 20.8. The van der Waals surface area contributed by atoms with E-state index in [0.717, 1.165) is 21.0 Å². The first-order valence-electron chi connectivity index (χ1n) is 14.8. The first kappa shape index (κ1) is 35.3. The second-order valence-electron chi connectivity index (χ2n) is 13.9. The molecule has 0 bridgehead atoms. The van der Waals surface area contributed by atoms with E-state index < -0.39 is 65.4 Å². The van der Waals surface area contributed by atoms with Crippen LogP contribution in [0.2, 0.25) is 23.2 Å². The quantitative estimate of drug-likeness (QED) is 0.166. The Kier molecular flexibility index (Phi) is 10.1. The lowest BCUT2D eigenvalue weighted by molar-refractivity contribution is -0.212. The van der Waals surface area contributed by atoms with Crippen molar-refractivity contribution in [3.8, 4) is 0 Å². The second-order valence-corrected chi connectivity index (χ2v) is 23.6. The number of benzene rings is 2. The highest BCUT2D eigenvalue weighted by molar-refractivity contribution is 7.32. The van der Waals surface area contributed by atoms with Gasteiger partial charge in [-0.15, -0.1) is 4.89 Å². The highest BCUT2D eigenvalue weighted by Crippen LogP contribution is 2.48. The fourth-order valence-electron chi connectivity index (χ4n) is 5.56. The predicted molar refractivity (Wildman–Crippen MR) is 177 cm³/mol. The highest BCUT2D eigenvalue weighted by Gasteiger charge is 2.66. The van der Waals surface area contributed by atoms with Crippen LogP contribution < -0.4 is 21.6 Å². The van der Waals surface area contributed by atoms with E-state index in [9.17, 15) is 24.2 Å². The van der Waals surface area contributed by atoms with E-state index in [-0.39, 0.29) is 11.6 Å². The van der Waals surface area contributed by atoms with Crippen molar-refractivity contribution in [3.05, 3.63) is 93.8 Å². The number of aromatic amines is 1. The minimum absolute atomic E-state index is 0.279. The van der Waals surface area contributed by atoms with Crippen LogP contribution in [0.5, 0.6) is 0 Å². The van der Waals surface area contributed by atoms with Crippen molar-refractivity contribution < 1.29 is 32.7 Å². The molecule has 3 aromatic rings. The summed E-state index contributed by atoms with van der Waals surface area (Å²) in [5, 5.41) is 13.4. The van der Waals surface area contributed by atoms with E-state index >= 15 is 0 Å². The van der Waals surface area contributed by atoms with Gasteiger partial charge < -0.3 is 18.7 Å². The number of nitrogens with zero attached hydrogens (tertiary/aromatic N) is 1. The monoisotopic (exact) mass is 675 g/mol. The molecule has 1 unspecified atom stereocenters. The summed E-state index contributed by atoms with van der Waals surface area (Å²) in [6.45, 7) is 15.8. The van der Waals surface area contributed by atoms with Crippen LogP contribution in [0.15, 0.2) is 82.5 Å². The van der Waals surface area contributed by atoms with Crippen molar-refractivity contribution in [1.29, 1.82) is 0 Å². The Morgan fingerprint density at radius 3 is 1.91 bits per heavy atom. The van der Waals surface area contributed by atoms with Gasteiger partial charge in [-0.25, -0.2) is 4.79 Å². The number of hydrogen-bond donors (Lipinski definition) is 3. The zero-order chi connectivity index (χ0) is 33.4. The number of H-pyrrole nitrogens is 1. The molecular formula is C31H44N2O9PSi2+. The molecule has 244 valence electrons. The second kappa shape index (κ2) is 12.9. The molecule has 0 radical (unpaired) electrons. The zero-order valence-electron chi connectivity index (χ0n) is 27.0. The maximum Gasteiger partial charge on any atom is 0.697 e. The molecule has 1 saturated heterocycles. The molecule has 1 aromatic heterocycles. The number of ether oxygens (including phenoxy) is 1. The topological polar surface area (TPSA) is 149 Å². The molecule has 45 heavy (non-hydrogen) atoms. The van der Waals surface area contributed by atoms with E-state index in [1.165, 1.54) is 6.20 Å². The number of nitrogens with one attached hydrogen (secondary N) is 1. The maximum atomic E-state index is 13.0. The minimum atomic E-state index is -3.37. The van der Waals surface area contributed by atoms with Crippen LogP contribution in [0.4, 0.5) is 0 Å². The van der Waals surface area contributed by atoms with Gasteiger partial charge >= 0.3 is 13.9 Å². The molecule has 0 amide bonds. The van der Waals surface area contributed by atoms with Gasteiger partial charge in [0, 0.05) is 16.8 Å². The molecule has 3 N–H and O–H groups in total. The molecule has 2 aromatic carbocycles. The zero-order valence-corrected chi connectivity index (χ0v) is 29.9. The molecule has 14 heteroatoms. The summed E-state index contributed by atoms with van der Waals surface area (Å²) in [6.07, 6.45) is -2.93. The molecule has 0 aliphatic carbocycles. The van der Waals surface area contributed by atoms with Crippen LogP contribution in [-0.4, -0.2) is 60.8 Å². The molecule has 4 rings (SSSR count). The van der Waals surface area contributed by atoms with Crippen LogP contribution in [0.3, 0.4) is 0 Å². The molecule has 2 heterocycles. The Morgan fingerprint density at radius 2 is 1.47 bits per heavy atom. The molecule has 0 spiro atoms. The van der Waals surface area contributed by atoms with E-state index in [2.05, 4.69) is 25.8 Å². The number of aliphatic hydroxyl groups is 1. The fraction of sp³-hybridized carbons (Fsp3) is 0.484. The molecule has 1 aliphatic heterocycles. The van der Waals surface area contributed by atoms with Gasteiger partial charge in [-0.2, -0.15) is 0 Å². The van der Waals surface area contributed by atoms with Gasteiger partial charge in [0.2, 0.25) is 0 Å². The van der Waals surface area contributed by atoms with Crippen molar-refractivity contribution >= 4 is 35.3 Å². The Morgan fingerprint density at radius 1 is 0.933 bits per heavy atom. The molecule has 1 aliphatic rings. The lowest BCUT2D eigenvalue weighted by Crippen LogP contribution is -2.67. The Labute approximate surface area is 266 Å². The minimum Gasteiger partial charge on any atom is -0.405 e. The average Bonchev–Trinajstić information content (AvgIpc) is 3.18. The number of rotatable bonds is 10. The van der Waals surface area contributed by atoms with Crippen molar-refractivity contribution in [3.63, 3.8) is 0 Å². The van der Waals surface area contributed by atoms with Gasteiger partial charge in [0.05, 0.1) is 6.61 Å². The number of aromatic nitrogens is 2. The van der Waals surface area contributed by atoms with Crippen LogP contribution in [-0.2, 0) is 22.7 Å². The van der Waals surface area contributed by atoms with Crippen LogP contribution in [0.25, 0.3) is 0 Å². The van der Waals surface area contributed by atoms with Gasteiger partial charge in [-0.3, -0.25) is 14.3 Å². The summed E-state index contributed by atoms with van der Waals surface area (Å²) in [7, 11) is -9.29. The third kappa shape index (κ3) is 6.92. The molecule has 11 nitrogen and oxygen atoms in total. The van der Waals surface area contributed by atoms with Crippen molar-refractivity contribution in [1.82, 2.24) is 9.55 Å². The molecule has 5 atom stereocenters. The van der Waals surface area contributed by atoms with Crippen LogP contribution in [0.1, 0.15) is 47.8 Å². The lowest BCUT2D eigenvalue weighted by atomic mass is 10.1. The average molecular weight is 676 g/mol. The first-order valence-corrected chi connectivity index (χ1v) is 20.8. The van der Waals surface area contributed by atoms with Crippen LogP contribution >= 0.6 is 8.25 Å². The highest BCUT2D eigenvalue weighted by atomic mass is 31.1. The third-order valence-corrected chi connectivity index (χ3v) is 18.8. The molecular weight excluding hydrogens is 631 g/mol. The largest absolute Gasteiger partial charge is 0.697 e. The van der Waals surface area contributed by atoms with Gasteiger partial charge in [0.1, 0.15) is 6.10 Å². The van der Waals surface area contributed by atoms with Crippen LogP contribution in [0, 0.1) is 0 Å². The summed E-state index contributed by atoms with van der Waals surface area (Å²) in [6, 6.07) is 20.8. The van der Waals surface area contributed by atoms with Gasteiger partial charge in [0.25, 0.3) is 19.7 Å². The Balaban J connectivity index is 1.88. The Hall–Kier alpha value is -2.59. The van der Waals surface area contributed by atoms with Crippen molar-refractivity contribution in [2.45, 2.75) is 88.9 Å². The summed E-state index contributed by atoms with van der Waals surface area (Å²) in [5.41, 5.74) is -1.42. The van der Waals surface area contributed by atoms with E-state index in [0.29, 0.717) is 0 Å². The predicted octanol–water partition coefficient (Wildman–Crippen LogP) is 3.76. The summed E-state index contributed by atoms with van der Waals surface area (Å²) in [5.74, 6) is -2.52. The third-order valence-electron chi connectivity index (χ3n) is 8.88. The summed E-state index contributed by atoms with van der Waals surface area (Å²) in [4.78, 5) is 37.2. The smallest absolute Gasteiger partial charge is 0.405 e. The standard InChI is InChI=1S/C31H43N2O9PSi2/c1-29(2,3)44(7,8)41-26-27(33-20-19-25(34)32-28(33)35)40-24(31(26,36)42-43(37)38)21-39-45(30(4,5)6,22-15-11-9-12-16-22)23-17-13-10-14-18-23/h9-20,24,26-27,36H,21H2,1-8H3,(H-,32,34,35,37,38)/p+1/t24-,26+,27-,31+/m1/s1. The van der Waals surface area contributed by atoms with E-state index in [1.54, 1.807) is 0 Å². The Bertz CT molecular complexity index is 1560. The SMILES string of the molecule is CC(C)(C)[Si](C)(C)O[C@H]1[C@H](n2ccc(=O)[nH]c2=O)O[C@H](CO[Si](c2ccccc2)(c2ccccc2)C(C)(C)C)[C@]1(O)O[P+](=O)O. The normalized spacial score (nSPS) is 23.2. The van der Waals surface area contributed by atoms with E-state index in [4.69, 9.17) is 18.1 Å². The van der Waals surface area contributed by atoms with Crippen molar-refractivity contribution in [2.24, 2.45) is 0 Å². The van der Waals surface area contributed by atoms with E-state index in [1.807, 2.05) is 94.5 Å². The summed E-state index contributed by atoms with van der Waals surface area (Å²) >= 11 is 0. The molecule has 1 fully saturated rings. The van der Waals surface area contributed by atoms with Gasteiger partial charge in [-0.05, 0) is 33.5 Å². The fourth-order valence-corrected chi connectivity index (χ4v) is 11.9.